The third-order valence-corrected chi connectivity index (χ3v) is 3.67. The average Bonchev–Trinajstić information content (AvgIpc) is 2.48. The molecule has 0 saturated carbocycles. The Morgan fingerprint density at radius 2 is 1.81 bits per heavy atom. The highest BCUT2D eigenvalue weighted by Gasteiger charge is 2.08. The zero-order chi connectivity index (χ0) is 15.2. The van der Waals surface area contributed by atoms with Crippen LogP contribution in [0.1, 0.15) is 27.6 Å². The van der Waals surface area contributed by atoms with Crippen molar-refractivity contribution in [2.24, 2.45) is 0 Å². The first-order valence-corrected chi connectivity index (χ1v) is 7.46. The maximum Gasteiger partial charge on any atom is 0.335 e. The summed E-state index contributed by atoms with van der Waals surface area (Å²) in [5.41, 5.74) is 1.34. The lowest BCUT2D eigenvalue weighted by Crippen LogP contribution is -2.12. The standard InChI is InChI=1S/C16H15NO3S/c1-2-21-14-5-3-4-12(10-14)15(18)17-13-8-6-11(7-9-13)16(19)20/h3-10H,2H2,1H3,(H,17,18)(H,19,20). The summed E-state index contributed by atoms with van der Waals surface area (Å²) in [6, 6.07) is 13.5. The summed E-state index contributed by atoms with van der Waals surface area (Å²) >= 11 is 1.67. The Morgan fingerprint density at radius 1 is 1.10 bits per heavy atom. The summed E-state index contributed by atoms with van der Waals surface area (Å²) < 4.78 is 0. The molecule has 2 aromatic rings. The molecular formula is C16H15NO3S. The second kappa shape index (κ2) is 6.95. The monoisotopic (exact) mass is 301 g/mol. The molecule has 0 aliphatic carbocycles. The van der Waals surface area contributed by atoms with Crippen molar-refractivity contribution in [1.29, 1.82) is 0 Å². The number of benzene rings is 2. The summed E-state index contributed by atoms with van der Waals surface area (Å²) in [5, 5.41) is 11.6. The number of thioether (sulfide) groups is 1. The van der Waals surface area contributed by atoms with Gasteiger partial charge in [-0.05, 0) is 48.2 Å². The van der Waals surface area contributed by atoms with Crippen molar-refractivity contribution < 1.29 is 14.7 Å². The van der Waals surface area contributed by atoms with Crippen molar-refractivity contribution >= 4 is 29.3 Å². The molecule has 0 bridgehead atoms. The lowest BCUT2D eigenvalue weighted by atomic mass is 10.2. The number of amides is 1. The number of aromatic carboxylic acids is 1. The molecule has 2 rings (SSSR count). The number of rotatable bonds is 5. The van der Waals surface area contributed by atoms with E-state index in [0.717, 1.165) is 10.6 Å². The van der Waals surface area contributed by atoms with Crippen LogP contribution >= 0.6 is 11.8 Å². The summed E-state index contributed by atoms with van der Waals surface area (Å²) in [7, 11) is 0. The molecule has 0 saturated heterocycles. The van der Waals surface area contributed by atoms with Gasteiger partial charge in [-0.1, -0.05) is 13.0 Å². The smallest absolute Gasteiger partial charge is 0.335 e. The number of hydrogen-bond acceptors (Lipinski definition) is 3. The van der Waals surface area contributed by atoms with Crippen LogP contribution in [-0.4, -0.2) is 22.7 Å². The van der Waals surface area contributed by atoms with E-state index < -0.39 is 5.97 Å². The fraction of sp³-hybridized carbons (Fsp3) is 0.125. The van der Waals surface area contributed by atoms with Gasteiger partial charge in [-0.3, -0.25) is 4.79 Å². The van der Waals surface area contributed by atoms with E-state index in [1.54, 1.807) is 30.0 Å². The number of hydrogen-bond donors (Lipinski definition) is 2. The lowest BCUT2D eigenvalue weighted by Gasteiger charge is -2.07. The number of carbonyl (C=O) groups is 2. The van der Waals surface area contributed by atoms with Crippen molar-refractivity contribution in [2.75, 3.05) is 11.1 Å². The Kier molecular flexibility index (Phi) is 5.00. The summed E-state index contributed by atoms with van der Waals surface area (Å²) in [6.07, 6.45) is 0. The Balaban J connectivity index is 2.10. The van der Waals surface area contributed by atoms with E-state index in [4.69, 9.17) is 5.11 Å². The van der Waals surface area contributed by atoms with Gasteiger partial charge in [0.2, 0.25) is 0 Å². The Morgan fingerprint density at radius 3 is 2.43 bits per heavy atom. The van der Waals surface area contributed by atoms with Gasteiger partial charge in [-0.25, -0.2) is 4.79 Å². The second-order valence-corrected chi connectivity index (χ2v) is 5.63. The van der Waals surface area contributed by atoms with Gasteiger partial charge in [0.05, 0.1) is 5.56 Å². The molecule has 21 heavy (non-hydrogen) atoms. The third-order valence-electron chi connectivity index (χ3n) is 2.80. The van der Waals surface area contributed by atoms with E-state index in [1.807, 2.05) is 18.2 Å². The Labute approximate surface area is 127 Å². The first-order chi connectivity index (χ1) is 10.1. The Bertz CT molecular complexity index is 653. The van der Waals surface area contributed by atoms with Gasteiger partial charge >= 0.3 is 5.97 Å². The van der Waals surface area contributed by atoms with Crippen LogP contribution in [0.2, 0.25) is 0 Å². The van der Waals surface area contributed by atoms with Crippen LogP contribution in [0.4, 0.5) is 5.69 Å². The van der Waals surface area contributed by atoms with Crippen LogP contribution in [0.5, 0.6) is 0 Å². The molecule has 5 heteroatoms. The second-order valence-electron chi connectivity index (χ2n) is 4.30. The highest BCUT2D eigenvalue weighted by Crippen LogP contribution is 2.19. The molecule has 1 amide bonds. The highest BCUT2D eigenvalue weighted by atomic mass is 32.2. The van der Waals surface area contributed by atoms with E-state index in [1.165, 1.54) is 12.1 Å². The molecule has 0 radical (unpaired) electrons. The van der Waals surface area contributed by atoms with Gasteiger partial charge in [-0.2, -0.15) is 0 Å². The molecule has 0 aromatic heterocycles. The molecular weight excluding hydrogens is 286 g/mol. The van der Waals surface area contributed by atoms with Crippen molar-refractivity contribution in [3.8, 4) is 0 Å². The topological polar surface area (TPSA) is 66.4 Å². The van der Waals surface area contributed by atoms with E-state index >= 15 is 0 Å². The van der Waals surface area contributed by atoms with Crippen LogP contribution < -0.4 is 5.32 Å². The van der Waals surface area contributed by atoms with Crippen LogP contribution in [0.3, 0.4) is 0 Å². The van der Waals surface area contributed by atoms with Crippen LogP contribution in [0, 0.1) is 0 Å². The lowest BCUT2D eigenvalue weighted by molar-refractivity contribution is 0.0696. The van der Waals surface area contributed by atoms with E-state index in [-0.39, 0.29) is 11.5 Å². The maximum atomic E-state index is 12.2. The zero-order valence-electron chi connectivity index (χ0n) is 11.5. The molecule has 4 nitrogen and oxygen atoms in total. The molecule has 0 aliphatic heterocycles. The number of nitrogens with one attached hydrogen (secondary N) is 1. The first kappa shape index (κ1) is 15.1. The fourth-order valence-electron chi connectivity index (χ4n) is 1.79. The van der Waals surface area contributed by atoms with Gasteiger partial charge < -0.3 is 10.4 Å². The van der Waals surface area contributed by atoms with Crippen LogP contribution in [0.15, 0.2) is 53.4 Å². The summed E-state index contributed by atoms with van der Waals surface area (Å²) in [6.45, 7) is 2.06. The fourth-order valence-corrected chi connectivity index (χ4v) is 2.51. The first-order valence-electron chi connectivity index (χ1n) is 6.47. The average molecular weight is 301 g/mol. The predicted molar refractivity (Wildman–Crippen MR) is 84.2 cm³/mol. The van der Waals surface area contributed by atoms with Crippen molar-refractivity contribution in [3.05, 3.63) is 59.7 Å². The van der Waals surface area contributed by atoms with Crippen molar-refractivity contribution in [1.82, 2.24) is 0 Å². The number of anilines is 1. The molecule has 2 N–H and O–H groups in total. The molecule has 0 atom stereocenters. The zero-order valence-corrected chi connectivity index (χ0v) is 12.3. The van der Waals surface area contributed by atoms with Crippen LogP contribution in [-0.2, 0) is 0 Å². The molecule has 108 valence electrons. The number of carboxylic acids is 1. The van der Waals surface area contributed by atoms with Crippen molar-refractivity contribution in [3.63, 3.8) is 0 Å². The van der Waals surface area contributed by atoms with Gasteiger partial charge in [-0.15, -0.1) is 11.8 Å². The molecule has 0 heterocycles. The minimum Gasteiger partial charge on any atom is -0.478 e. The minimum absolute atomic E-state index is 0.189. The maximum absolute atomic E-state index is 12.2. The van der Waals surface area contributed by atoms with Crippen molar-refractivity contribution in [2.45, 2.75) is 11.8 Å². The third kappa shape index (κ3) is 4.10. The van der Waals surface area contributed by atoms with Gasteiger partial charge in [0.25, 0.3) is 5.91 Å². The minimum atomic E-state index is -0.989. The van der Waals surface area contributed by atoms with E-state index in [2.05, 4.69) is 12.2 Å². The molecule has 0 fully saturated rings. The number of carboxylic acid groups (broad SMARTS) is 1. The van der Waals surface area contributed by atoms with E-state index in [0.29, 0.717) is 11.3 Å². The SMILES string of the molecule is CCSc1cccc(C(=O)Nc2ccc(C(=O)O)cc2)c1. The quantitative estimate of drug-likeness (QED) is 0.825. The van der Waals surface area contributed by atoms with Gasteiger partial charge in [0, 0.05) is 16.1 Å². The normalized spacial score (nSPS) is 10.1. The van der Waals surface area contributed by atoms with E-state index in [9.17, 15) is 9.59 Å². The van der Waals surface area contributed by atoms with Crippen LogP contribution in [0.25, 0.3) is 0 Å². The Hall–Kier alpha value is -2.27. The summed E-state index contributed by atoms with van der Waals surface area (Å²) in [5.74, 6) is -0.254. The van der Waals surface area contributed by atoms with Gasteiger partial charge in [0.1, 0.15) is 0 Å². The molecule has 0 spiro atoms. The largest absolute Gasteiger partial charge is 0.478 e. The predicted octanol–water partition coefficient (Wildman–Crippen LogP) is 3.75. The number of carbonyl (C=O) groups excluding carboxylic acids is 1. The van der Waals surface area contributed by atoms with Gasteiger partial charge in [0.15, 0.2) is 0 Å². The molecule has 2 aromatic carbocycles. The highest BCUT2D eigenvalue weighted by molar-refractivity contribution is 7.99. The molecule has 0 aliphatic rings. The molecule has 0 unspecified atom stereocenters. The summed E-state index contributed by atoms with van der Waals surface area (Å²) in [4.78, 5) is 24.0.